The summed E-state index contributed by atoms with van der Waals surface area (Å²) in [6, 6.07) is 28.8. The Labute approximate surface area is 216 Å². The third kappa shape index (κ3) is 5.67. The second kappa shape index (κ2) is 11.3. The van der Waals surface area contributed by atoms with Gasteiger partial charge in [-0.1, -0.05) is 85.8 Å². The molecule has 1 atom stereocenters. The molecule has 37 heavy (non-hydrogen) atoms. The first-order valence-corrected chi connectivity index (χ1v) is 12.8. The van der Waals surface area contributed by atoms with Crippen molar-refractivity contribution < 1.29 is 0 Å². The minimum absolute atomic E-state index is 0.0569. The van der Waals surface area contributed by atoms with Gasteiger partial charge in [0, 0.05) is 25.2 Å². The van der Waals surface area contributed by atoms with Gasteiger partial charge < -0.3 is 4.98 Å². The summed E-state index contributed by atoms with van der Waals surface area (Å²) >= 11 is 0. The third-order valence-electron chi connectivity index (χ3n) is 6.91. The number of rotatable bonds is 10. The minimum Gasteiger partial charge on any atom is -0.321 e. The van der Waals surface area contributed by atoms with E-state index in [0.29, 0.717) is 19.6 Å². The first-order valence-electron chi connectivity index (χ1n) is 12.8. The number of aromatic nitrogens is 5. The Hall–Kier alpha value is -4.10. The van der Waals surface area contributed by atoms with Crippen LogP contribution in [0.2, 0.25) is 0 Å². The Bertz CT molecular complexity index is 1510. The molecule has 0 radical (unpaired) electrons. The van der Waals surface area contributed by atoms with E-state index in [1.165, 1.54) is 11.1 Å². The van der Waals surface area contributed by atoms with Gasteiger partial charge in [0.25, 0.3) is 5.56 Å². The topological polar surface area (TPSA) is 79.7 Å². The molecule has 7 nitrogen and oxygen atoms in total. The van der Waals surface area contributed by atoms with Gasteiger partial charge in [-0.2, -0.15) is 0 Å². The molecule has 0 aliphatic carbocycles. The molecular weight excluding hydrogens is 460 g/mol. The lowest BCUT2D eigenvalue weighted by Crippen LogP contribution is -2.32. The van der Waals surface area contributed by atoms with E-state index in [2.05, 4.69) is 68.7 Å². The Morgan fingerprint density at radius 3 is 2.38 bits per heavy atom. The fourth-order valence-electron chi connectivity index (χ4n) is 4.95. The van der Waals surface area contributed by atoms with Gasteiger partial charge >= 0.3 is 0 Å². The number of H-pyrrole nitrogens is 1. The molecule has 7 heteroatoms. The van der Waals surface area contributed by atoms with Gasteiger partial charge in [0.05, 0.1) is 11.6 Å². The maximum absolute atomic E-state index is 13.2. The van der Waals surface area contributed by atoms with Gasteiger partial charge in [-0.3, -0.25) is 9.69 Å². The molecule has 0 bridgehead atoms. The second-order valence-electron chi connectivity index (χ2n) is 9.47. The number of aromatic amines is 1. The Kier molecular flexibility index (Phi) is 7.51. The van der Waals surface area contributed by atoms with Gasteiger partial charge in [0.2, 0.25) is 0 Å². The van der Waals surface area contributed by atoms with Crippen molar-refractivity contribution in [3.63, 3.8) is 0 Å². The van der Waals surface area contributed by atoms with Gasteiger partial charge in [-0.25, -0.2) is 4.68 Å². The van der Waals surface area contributed by atoms with E-state index in [1.807, 2.05) is 60.1 Å². The van der Waals surface area contributed by atoms with Crippen LogP contribution in [0.4, 0.5) is 0 Å². The Morgan fingerprint density at radius 2 is 1.65 bits per heavy atom. The van der Waals surface area contributed by atoms with Crippen molar-refractivity contribution in [1.82, 2.24) is 30.1 Å². The molecule has 0 unspecified atom stereocenters. The predicted octanol–water partition coefficient (Wildman–Crippen LogP) is 5.22. The average molecular weight is 493 g/mol. The number of nitrogens with one attached hydrogen (secondary N) is 1. The summed E-state index contributed by atoms with van der Waals surface area (Å²) < 4.78 is 1.91. The maximum Gasteiger partial charge on any atom is 0.252 e. The van der Waals surface area contributed by atoms with Crippen LogP contribution in [0.25, 0.3) is 10.9 Å². The summed E-state index contributed by atoms with van der Waals surface area (Å²) in [6.07, 6.45) is 1.65. The number of para-hydroxylation sites is 1. The normalized spacial score (nSPS) is 12.3. The van der Waals surface area contributed by atoms with Crippen molar-refractivity contribution in [3.8, 4) is 0 Å². The summed E-state index contributed by atoms with van der Waals surface area (Å²) in [5.41, 5.74) is 5.05. The quantitative estimate of drug-likeness (QED) is 0.289. The summed E-state index contributed by atoms with van der Waals surface area (Å²) in [4.78, 5) is 18.6. The predicted molar refractivity (Wildman–Crippen MR) is 146 cm³/mol. The van der Waals surface area contributed by atoms with Crippen LogP contribution >= 0.6 is 0 Å². The highest BCUT2D eigenvalue weighted by atomic mass is 16.1. The van der Waals surface area contributed by atoms with Crippen LogP contribution in [0.3, 0.4) is 0 Å². The zero-order valence-corrected chi connectivity index (χ0v) is 21.3. The molecule has 3 aromatic carbocycles. The molecular formula is C30H32N6O. The molecule has 5 rings (SSSR count). The van der Waals surface area contributed by atoms with Gasteiger partial charge in [0.15, 0.2) is 5.82 Å². The van der Waals surface area contributed by atoms with Crippen LogP contribution in [0.1, 0.15) is 47.5 Å². The number of benzene rings is 3. The zero-order chi connectivity index (χ0) is 25.6. The smallest absolute Gasteiger partial charge is 0.252 e. The first-order chi connectivity index (χ1) is 18.1. The molecule has 0 aliphatic heterocycles. The molecule has 1 N–H and O–H groups in total. The number of hydrogen-bond donors (Lipinski definition) is 1. The fraction of sp³-hybridized carbons (Fsp3) is 0.267. The Morgan fingerprint density at radius 1 is 0.919 bits per heavy atom. The van der Waals surface area contributed by atoms with E-state index in [9.17, 15) is 4.79 Å². The zero-order valence-electron chi connectivity index (χ0n) is 21.3. The summed E-state index contributed by atoms with van der Waals surface area (Å²) in [7, 11) is 0. The summed E-state index contributed by atoms with van der Waals surface area (Å²) in [5.74, 6) is 0.822. The molecule has 2 aromatic heterocycles. The van der Waals surface area contributed by atoms with Crippen LogP contribution in [0.5, 0.6) is 0 Å². The van der Waals surface area contributed by atoms with Crippen LogP contribution in [0.15, 0.2) is 89.7 Å². The van der Waals surface area contributed by atoms with Crippen molar-refractivity contribution in [2.75, 3.05) is 0 Å². The molecule has 2 heterocycles. The standard InChI is InChI=1S/C30H32N6O/c1-3-27(29-32-33-34-36(29)18-17-23-12-6-4-7-13-23)35(20-24-14-8-5-9-15-24)21-26-19-25-16-10-11-22(2)28(25)31-30(26)37/h4-16,19,27H,3,17-18,20-21H2,1-2H3,(H,31,37)/t27-/m1/s1. The molecule has 0 spiro atoms. The molecule has 188 valence electrons. The summed E-state index contributed by atoms with van der Waals surface area (Å²) in [6.45, 7) is 6.01. The molecule has 0 fully saturated rings. The highest BCUT2D eigenvalue weighted by Crippen LogP contribution is 2.27. The van der Waals surface area contributed by atoms with Gasteiger partial charge in [-0.05, 0) is 58.3 Å². The first kappa shape index (κ1) is 24.6. The molecule has 5 aromatic rings. The van der Waals surface area contributed by atoms with Crippen LogP contribution in [-0.4, -0.2) is 30.1 Å². The minimum atomic E-state index is -0.0571. The van der Waals surface area contributed by atoms with E-state index < -0.39 is 0 Å². The lowest BCUT2D eigenvalue weighted by atomic mass is 10.1. The number of pyridine rings is 1. The van der Waals surface area contributed by atoms with Gasteiger partial charge in [0.1, 0.15) is 0 Å². The van der Waals surface area contributed by atoms with Crippen molar-refractivity contribution >= 4 is 10.9 Å². The van der Waals surface area contributed by atoms with E-state index in [-0.39, 0.29) is 11.6 Å². The largest absolute Gasteiger partial charge is 0.321 e. The monoisotopic (exact) mass is 492 g/mol. The molecule has 0 aliphatic rings. The van der Waals surface area contributed by atoms with E-state index in [4.69, 9.17) is 0 Å². The Balaban J connectivity index is 1.48. The number of nitrogens with zero attached hydrogens (tertiary/aromatic N) is 5. The summed E-state index contributed by atoms with van der Waals surface area (Å²) in [5, 5.41) is 13.9. The number of tetrazole rings is 1. The number of aryl methyl sites for hydroxylation is 3. The highest BCUT2D eigenvalue weighted by Gasteiger charge is 2.26. The van der Waals surface area contributed by atoms with E-state index in [1.54, 1.807) is 0 Å². The van der Waals surface area contributed by atoms with Crippen molar-refractivity contribution in [3.05, 3.63) is 123 Å². The highest BCUT2D eigenvalue weighted by molar-refractivity contribution is 5.81. The SMILES string of the molecule is CC[C@H](c1nnnn1CCc1ccccc1)N(Cc1ccccc1)Cc1cc2cccc(C)c2[nH]c1=O. The molecule has 0 saturated heterocycles. The van der Waals surface area contributed by atoms with Crippen molar-refractivity contribution in [1.29, 1.82) is 0 Å². The average Bonchev–Trinajstić information content (AvgIpc) is 3.38. The lowest BCUT2D eigenvalue weighted by molar-refractivity contribution is 0.160. The third-order valence-corrected chi connectivity index (χ3v) is 6.91. The molecule has 0 saturated carbocycles. The van der Waals surface area contributed by atoms with Crippen LogP contribution in [-0.2, 0) is 26.1 Å². The fourth-order valence-corrected chi connectivity index (χ4v) is 4.95. The number of hydrogen-bond acceptors (Lipinski definition) is 5. The van der Waals surface area contributed by atoms with E-state index in [0.717, 1.165) is 40.7 Å². The van der Waals surface area contributed by atoms with E-state index >= 15 is 0 Å². The second-order valence-corrected chi connectivity index (χ2v) is 9.47. The van der Waals surface area contributed by atoms with Crippen molar-refractivity contribution in [2.45, 2.75) is 52.4 Å². The van der Waals surface area contributed by atoms with Crippen molar-refractivity contribution in [2.24, 2.45) is 0 Å². The molecule has 0 amide bonds. The maximum atomic E-state index is 13.2. The number of fused-ring (bicyclic) bond motifs is 1. The van der Waals surface area contributed by atoms with Crippen LogP contribution in [0, 0.1) is 6.92 Å². The lowest BCUT2D eigenvalue weighted by Gasteiger charge is -2.30. The van der Waals surface area contributed by atoms with Gasteiger partial charge in [-0.15, -0.1) is 5.10 Å². The van der Waals surface area contributed by atoms with Crippen LogP contribution < -0.4 is 5.56 Å².